The van der Waals surface area contributed by atoms with Gasteiger partial charge in [0.25, 0.3) is 0 Å². The minimum Gasteiger partial charge on any atom is -0.396 e. The molecule has 1 aliphatic carbocycles. The predicted octanol–water partition coefficient (Wildman–Crippen LogP) is 4.03. The average molecular weight is 272 g/mol. The number of halogens is 2. The second-order valence-electron chi connectivity index (χ2n) is 4.27. The van der Waals surface area contributed by atoms with E-state index in [1.807, 2.05) is 0 Å². The van der Waals surface area contributed by atoms with E-state index in [1.54, 1.807) is 12.1 Å². The predicted molar refractivity (Wildman–Crippen MR) is 64.4 cm³/mol. The van der Waals surface area contributed by atoms with Crippen molar-refractivity contribution in [3.05, 3.63) is 29.6 Å². The molecule has 2 rings (SSSR count). The molecule has 0 spiro atoms. The van der Waals surface area contributed by atoms with Gasteiger partial charge in [-0.2, -0.15) is 0 Å². The van der Waals surface area contributed by atoms with E-state index < -0.39 is 0 Å². The smallest absolute Gasteiger partial charge is 0.146 e. The standard InChI is InChI=1S/C12H15BrFN/c13-10(5-3-8-1-2-8)9-4-6-11(14)12(15)7-9/h4,6-8,10H,1-3,5,15H2. The fraction of sp³-hybridized carbons (Fsp3) is 0.500. The Morgan fingerprint density at radius 2 is 2.20 bits per heavy atom. The number of rotatable bonds is 4. The lowest BCUT2D eigenvalue weighted by Gasteiger charge is -2.10. The zero-order chi connectivity index (χ0) is 10.8. The number of anilines is 1. The van der Waals surface area contributed by atoms with E-state index in [2.05, 4.69) is 15.9 Å². The van der Waals surface area contributed by atoms with Crippen LogP contribution in [0.25, 0.3) is 0 Å². The highest BCUT2D eigenvalue weighted by molar-refractivity contribution is 9.09. The lowest BCUT2D eigenvalue weighted by atomic mass is 10.1. The molecule has 1 nitrogen and oxygen atoms in total. The average Bonchev–Trinajstić information content (AvgIpc) is 3.02. The molecule has 3 heteroatoms. The minimum absolute atomic E-state index is 0.239. The highest BCUT2D eigenvalue weighted by Gasteiger charge is 2.22. The maximum absolute atomic E-state index is 12.9. The van der Waals surface area contributed by atoms with Crippen LogP contribution < -0.4 is 5.73 Å². The maximum atomic E-state index is 12.9. The molecule has 0 aliphatic heterocycles. The molecule has 0 bridgehead atoms. The number of alkyl halides is 1. The fourth-order valence-electron chi connectivity index (χ4n) is 1.71. The van der Waals surface area contributed by atoms with Crippen LogP contribution in [0.5, 0.6) is 0 Å². The summed E-state index contributed by atoms with van der Waals surface area (Å²) in [5, 5.41) is 0. The Morgan fingerprint density at radius 1 is 1.47 bits per heavy atom. The van der Waals surface area contributed by atoms with Crippen molar-refractivity contribution in [2.45, 2.75) is 30.5 Å². The third-order valence-corrected chi connectivity index (χ3v) is 3.89. The van der Waals surface area contributed by atoms with Crippen molar-refractivity contribution in [1.82, 2.24) is 0 Å². The maximum Gasteiger partial charge on any atom is 0.146 e. The van der Waals surface area contributed by atoms with Crippen LogP contribution in [0.2, 0.25) is 0 Å². The molecule has 0 saturated heterocycles. The Hall–Kier alpha value is -0.570. The molecule has 1 aromatic rings. The van der Waals surface area contributed by atoms with Gasteiger partial charge in [0.2, 0.25) is 0 Å². The SMILES string of the molecule is Nc1cc(C(Br)CCC2CC2)ccc1F. The lowest BCUT2D eigenvalue weighted by Crippen LogP contribution is -1.96. The van der Waals surface area contributed by atoms with Crippen molar-refractivity contribution in [1.29, 1.82) is 0 Å². The first-order valence-corrected chi connectivity index (χ1v) is 6.27. The number of hydrogen-bond donors (Lipinski definition) is 1. The van der Waals surface area contributed by atoms with Crippen molar-refractivity contribution < 1.29 is 4.39 Å². The summed E-state index contributed by atoms with van der Waals surface area (Å²) in [6.07, 6.45) is 5.12. The normalized spacial score (nSPS) is 17.7. The molecule has 1 saturated carbocycles. The Bertz CT molecular complexity index is 349. The van der Waals surface area contributed by atoms with Gasteiger partial charge in [0.1, 0.15) is 5.82 Å². The van der Waals surface area contributed by atoms with E-state index >= 15 is 0 Å². The van der Waals surface area contributed by atoms with Gasteiger partial charge in [-0.05, 0) is 36.5 Å². The van der Waals surface area contributed by atoms with E-state index in [9.17, 15) is 4.39 Å². The summed E-state index contributed by atoms with van der Waals surface area (Å²) in [5.74, 6) is 0.600. The Balaban J connectivity index is 1.97. The zero-order valence-corrected chi connectivity index (χ0v) is 10.1. The quantitative estimate of drug-likeness (QED) is 0.649. The Kier molecular flexibility index (Phi) is 3.29. The molecule has 0 aromatic heterocycles. The largest absolute Gasteiger partial charge is 0.396 e. The third kappa shape index (κ3) is 2.94. The fourth-order valence-corrected chi connectivity index (χ4v) is 2.26. The first-order chi connectivity index (χ1) is 7.16. The summed E-state index contributed by atoms with van der Waals surface area (Å²) < 4.78 is 12.9. The summed E-state index contributed by atoms with van der Waals surface area (Å²) in [6, 6.07) is 4.97. The van der Waals surface area contributed by atoms with Crippen molar-refractivity contribution in [3.8, 4) is 0 Å². The van der Waals surface area contributed by atoms with Crippen molar-refractivity contribution in [3.63, 3.8) is 0 Å². The molecule has 1 aliphatic rings. The number of hydrogen-bond acceptors (Lipinski definition) is 1. The highest BCUT2D eigenvalue weighted by Crippen LogP contribution is 2.38. The van der Waals surface area contributed by atoms with Gasteiger partial charge in [-0.3, -0.25) is 0 Å². The van der Waals surface area contributed by atoms with Crippen LogP contribution in [0.3, 0.4) is 0 Å². The number of nitrogen functional groups attached to an aromatic ring is 1. The molecule has 1 fully saturated rings. The third-order valence-electron chi connectivity index (χ3n) is 2.91. The van der Waals surface area contributed by atoms with E-state index in [0.29, 0.717) is 4.83 Å². The van der Waals surface area contributed by atoms with Gasteiger partial charge in [0, 0.05) is 4.83 Å². The lowest BCUT2D eigenvalue weighted by molar-refractivity contribution is 0.629. The Morgan fingerprint density at radius 3 is 2.80 bits per heavy atom. The molecule has 0 amide bonds. The van der Waals surface area contributed by atoms with Crippen LogP contribution in [-0.2, 0) is 0 Å². The van der Waals surface area contributed by atoms with Gasteiger partial charge < -0.3 is 5.73 Å². The first-order valence-electron chi connectivity index (χ1n) is 5.36. The van der Waals surface area contributed by atoms with Crippen LogP contribution >= 0.6 is 15.9 Å². The second kappa shape index (κ2) is 4.52. The Labute approximate surface area is 98.0 Å². The topological polar surface area (TPSA) is 26.0 Å². The van der Waals surface area contributed by atoms with Crippen LogP contribution in [0, 0.1) is 11.7 Å². The van der Waals surface area contributed by atoms with E-state index in [4.69, 9.17) is 5.73 Å². The summed E-state index contributed by atoms with van der Waals surface area (Å²) in [4.78, 5) is 0.306. The molecule has 0 heterocycles. The van der Waals surface area contributed by atoms with Gasteiger partial charge in [0.15, 0.2) is 0 Å². The first kappa shape index (κ1) is 10.9. The van der Waals surface area contributed by atoms with E-state index in [-0.39, 0.29) is 11.5 Å². The summed E-state index contributed by atoms with van der Waals surface area (Å²) in [7, 11) is 0. The zero-order valence-electron chi connectivity index (χ0n) is 8.55. The van der Waals surface area contributed by atoms with Crippen LogP contribution in [0.4, 0.5) is 10.1 Å². The minimum atomic E-state index is -0.333. The molecule has 2 N–H and O–H groups in total. The van der Waals surface area contributed by atoms with Crippen molar-refractivity contribution in [2.75, 3.05) is 5.73 Å². The molecular formula is C12H15BrFN. The molecular weight excluding hydrogens is 257 g/mol. The second-order valence-corrected chi connectivity index (χ2v) is 5.37. The van der Waals surface area contributed by atoms with Gasteiger partial charge in [-0.15, -0.1) is 0 Å². The van der Waals surface area contributed by atoms with E-state index in [0.717, 1.165) is 17.9 Å². The summed E-state index contributed by atoms with van der Waals surface area (Å²) in [5.41, 5.74) is 6.85. The molecule has 82 valence electrons. The molecule has 1 aromatic carbocycles. The highest BCUT2D eigenvalue weighted by atomic mass is 79.9. The summed E-state index contributed by atoms with van der Waals surface area (Å²) >= 11 is 3.62. The van der Waals surface area contributed by atoms with Crippen molar-refractivity contribution >= 4 is 21.6 Å². The van der Waals surface area contributed by atoms with Crippen LogP contribution in [0.1, 0.15) is 36.1 Å². The number of benzene rings is 1. The van der Waals surface area contributed by atoms with Crippen LogP contribution in [-0.4, -0.2) is 0 Å². The summed E-state index contributed by atoms with van der Waals surface area (Å²) in [6.45, 7) is 0. The van der Waals surface area contributed by atoms with Gasteiger partial charge in [-0.25, -0.2) is 4.39 Å². The van der Waals surface area contributed by atoms with Crippen molar-refractivity contribution in [2.24, 2.45) is 5.92 Å². The molecule has 0 radical (unpaired) electrons. The van der Waals surface area contributed by atoms with Gasteiger partial charge in [-0.1, -0.05) is 34.8 Å². The monoisotopic (exact) mass is 271 g/mol. The van der Waals surface area contributed by atoms with Crippen LogP contribution in [0.15, 0.2) is 18.2 Å². The van der Waals surface area contributed by atoms with Gasteiger partial charge >= 0.3 is 0 Å². The molecule has 1 unspecified atom stereocenters. The number of nitrogens with two attached hydrogens (primary N) is 1. The molecule has 15 heavy (non-hydrogen) atoms. The molecule has 1 atom stereocenters. The van der Waals surface area contributed by atoms with Gasteiger partial charge in [0.05, 0.1) is 5.69 Å². The van der Waals surface area contributed by atoms with E-state index in [1.165, 1.54) is 25.3 Å².